The molecule has 2 aliphatic heterocycles. The molecule has 0 spiro atoms. The van der Waals surface area contributed by atoms with Gasteiger partial charge in [-0.2, -0.15) is 0 Å². The Morgan fingerprint density at radius 2 is 1.87 bits per heavy atom. The number of fused-ring (bicyclic) bond motifs is 1. The van der Waals surface area contributed by atoms with Crippen LogP contribution >= 0.6 is 11.6 Å². The van der Waals surface area contributed by atoms with Crippen molar-refractivity contribution in [1.82, 2.24) is 14.9 Å². The molecular weight excluding hydrogens is 412 g/mol. The van der Waals surface area contributed by atoms with Crippen molar-refractivity contribution in [2.75, 3.05) is 49.6 Å². The fourth-order valence-corrected chi connectivity index (χ4v) is 4.45. The lowest BCUT2D eigenvalue weighted by Crippen LogP contribution is -2.44. The molecule has 31 heavy (non-hydrogen) atoms. The number of aromatic amines is 1. The van der Waals surface area contributed by atoms with Crippen molar-refractivity contribution in [3.05, 3.63) is 58.6 Å². The molecule has 3 heterocycles. The first-order valence-corrected chi connectivity index (χ1v) is 10.8. The van der Waals surface area contributed by atoms with Crippen LogP contribution in [0, 0.1) is 12.3 Å². The zero-order valence-electron chi connectivity index (χ0n) is 17.6. The average molecular weight is 437 g/mol. The van der Waals surface area contributed by atoms with Crippen LogP contribution in [0.5, 0.6) is 0 Å². The number of halogens is 1. The van der Waals surface area contributed by atoms with Gasteiger partial charge in [0.05, 0.1) is 23.2 Å². The quantitative estimate of drug-likeness (QED) is 0.577. The standard InChI is InChI=1S/C23H25ClN6O/c1-14-3-4-15(24)11-19(14)30-13-20(31)21(22(30)25)23-26-17-6-5-16(12-18(17)27-23)29-9-7-28(2)8-10-29/h3-6,11-12,25,31H,7-10,13H2,1-2H3,(H,26,27). The molecule has 5 rings (SSSR count). The van der Waals surface area contributed by atoms with Crippen molar-refractivity contribution in [2.45, 2.75) is 6.92 Å². The third-order valence-corrected chi connectivity index (χ3v) is 6.37. The molecule has 2 aromatic carbocycles. The number of H-pyrrole nitrogens is 1. The molecule has 3 aromatic rings. The summed E-state index contributed by atoms with van der Waals surface area (Å²) in [5.74, 6) is 0.846. The van der Waals surface area contributed by atoms with E-state index < -0.39 is 0 Å². The van der Waals surface area contributed by atoms with Gasteiger partial charge in [0.15, 0.2) is 0 Å². The highest BCUT2D eigenvalue weighted by molar-refractivity contribution is 6.32. The Balaban J connectivity index is 1.45. The van der Waals surface area contributed by atoms with Gasteiger partial charge in [0.1, 0.15) is 17.4 Å². The molecule has 0 unspecified atom stereocenters. The molecule has 160 valence electrons. The summed E-state index contributed by atoms with van der Waals surface area (Å²) in [6.07, 6.45) is 0. The number of hydrogen-bond donors (Lipinski definition) is 3. The SMILES string of the molecule is Cc1ccc(Cl)cc1N1CC(O)=C(c2nc3ccc(N4CCN(C)CC4)cc3[nH]2)C1=N. The van der Waals surface area contributed by atoms with E-state index >= 15 is 0 Å². The molecule has 0 atom stereocenters. The Kier molecular flexibility index (Phi) is 4.87. The van der Waals surface area contributed by atoms with Crippen LogP contribution in [0.15, 0.2) is 42.2 Å². The van der Waals surface area contributed by atoms with Gasteiger partial charge in [0, 0.05) is 42.6 Å². The summed E-state index contributed by atoms with van der Waals surface area (Å²) in [4.78, 5) is 14.5. The van der Waals surface area contributed by atoms with Crippen molar-refractivity contribution >= 4 is 45.4 Å². The van der Waals surface area contributed by atoms with E-state index in [0.29, 0.717) is 16.4 Å². The van der Waals surface area contributed by atoms with Crippen molar-refractivity contribution in [2.24, 2.45) is 0 Å². The fourth-order valence-electron chi connectivity index (χ4n) is 4.28. The van der Waals surface area contributed by atoms with Crippen LogP contribution in [0.1, 0.15) is 11.4 Å². The highest BCUT2D eigenvalue weighted by atomic mass is 35.5. The first kappa shape index (κ1) is 19.9. The van der Waals surface area contributed by atoms with Crippen molar-refractivity contribution in [3.8, 4) is 0 Å². The second-order valence-corrected chi connectivity index (χ2v) is 8.70. The van der Waals surface area contributed by atoms with Crippen LogP contribution in [0.25, 0.3) is 16.6 Å². The Morgan fingerprint density at radius 1 is 1.10 bits per heavy atom. The minimum absolute atomic E-state index is 0.128. The lowest BCUT2D eigenvalue weighted by Gasteiger charge is -2.34. The number of aliphatic hydroxyl groups excluding tert-OH is 1. The zero-order valence-corrected chi connectivity index (χ0v) is 18.4. The maximum Gasteiger partial charge on any atom is 0.145 e. The summed E-state index contributed by atoms with van der Waals surface area (Å²) in [5, 5.41) is 20.0. The second-order valence-electron chi connectivity index (χ2n) is 8.26. The largest absolute Gasteiger partial charge is 0.509 e. The highest BCUT2D eigenvalue weighted by Crippen LogP contribution is 2.34. The molecule has 0 bridgehead atoms. The molecule has 0 aliphatic carbocycles. The summed E-state index contributed by atoms with van der Waals surface area (Å²) >= 11 is 6.17. The first-order valence-electron chi connectivity index (χ1n) is 10.4. The van der Waals surface area contributed by atoms with Crippen molar-refractivity contribution < 1.29 is 5.11 Å². The van der Waals surface area contributed by atoms with E-state index in [-0.39, 0.29) is 18.1 Å². The number of imidazole rings is 1. The Bertz CT molecular complexity index is 1210. The summed E-state index contributed by atoms with van der Waals surface area (Å²) in [5.41, 5.74) is 5.11. The highest BCUT2D eigenvalue weighted by Gasteiger charge is 2.32. The molecule has 0 amide bonds. The lowest BCUT2D eigenvalue weighted by molar-refractivity contribution is 0.313. The molecule has 0 saturated carbocycles. The summed E-state index contributed by atoms with van der Waals surface area (Å²) in [6.45, 7) is 6.26. The lowest BCUT2D eigenvalue weighted by atomic mass is 10.1. The van der Waals surface area contributed by atoms with Crippen LogP contribution in [0.4, 0.5) is 11.4 Å². The molecule has 2 aliphatic rings. The number of benzene rings is 2. The Morgan fingerprint density at radius 3 is 2.65 bits per heavy atom. The Hall–Kier alpha value is -3.03. The molecule has 1 fully saturated rings. The van der Waals surface area contributed by atoms with E-state index in [1.807, 2.05) is 31.2 Å². The van der Waals surface area contributed by atoms with E-state index in [1.165, 1.54) is 0 Å². The third-order valence-electron chi connectivity index (χ3n) is 6.14. The second kappa shape index (κ2) is 7.59. The summed E-state index contributed by atoms with van der Waals surface area (Å²) in [7, 11) is 2.15. The van der Waals surface area contributed by atoms with E-state index in [1.54, 1.807) is 4.90 Å². The predicted molar refractivity (Wildman–Crippen MR) is 127 cm³/mol. The molecule has 0 radical (unpaired) electrons. The number of amidine groups is 1. The van der Waals surface area contributed by atoms with Gasteiger partial charge >= 0.3 is 0 Å². The maximum atomic E-state index is 10.7. The van der Waals surface area contributed by atoms with E-state index in [2.05, 4.69) is 38.9 Å². The van der Waals surface area contributed by atoms with Crippen LogP contribution in [0.2, 0.25) is 5.02 Å². The van der Waals surface area contributed by atoms with Crippen LogP contribution in [-0.2, 0) is 0 Å². The van der Waals surface area contributed by atoms with Crippen molar-refractivity contribution in [3.63, 3.8) is 0 Å². The van der Waals surface area contributed by atoms with Crippen LogP contribution < -0.4 is 9.80 Å². The molecule has 8 heteroatoms. The van der Waals surface area contributed by atoms with Gasteiger partial charge < -0.3 is 24.8 Å². The van der Waals surface area contributed by atoms with E-state index in [0.717, 1.165) is 54.2 Å². The zero-order chi connectivity index (χ0) is 21.7. The predicted octanol–water partition coefficient (Wildman–Crippen LogP) is 4.04. The number of nitrogens with one attached hydrogen (secondary N) is 2. The van der Waals surface area contributed by atoms with Gasteiger partial charge in [0.25, 0.3) is 0 Å². The molecule has 1 saturated heterocycles. The van der Waals surface area contributed by atoms with Gasteiger partial charge in [-0.15, -0.1) is 0 Å². The smallest absolute Gasteiger partial charge is 0.145 e. The van der Waals surface area contributed by atoms with Crippen molar-refractivity contribution in [1.29, 1.82) is 5.41 Å². The molecule has 7 nitrogen and oxygen atoms in total. The number of anilines is 2. The van der Waals surface area contributed by atoms with E-state index in [4.69, 9.17) is 17.0 Å². The fraction of sp³-hybridized carbons (Fsp3) is 0.304. The van der Waals surface area contributed by atoms with Gasteiger partial charge in [-0.1, -0.05) is 17.7 Å². The van der Waals surface area contributed by atoms with Gasteiger partial charge in [-0.05, 0) is 49.9 Å². The van der Waals surface area contributed by atoms with Gasteiger partial charge in [-0.3, -0.25) is 5.41 Å². The normalized spacial score (nSPS) is 18.0. The topological polar surface area (TPSA) is 82.5 Å². The van der Waals surface area contributed by atoms with Crippen LogP contribution in [0.3, 0.4) is 0 Å². The molecule has 3 N–H and O–H groups in total. The number of aliphatic hydroxyl groups is 1. The number of aromatic nitrogens is 2. The number of piperazine rings is 1. The Labute approximate surface area is 186 Å². The number of nitrogens with zero attached hydrogens (tertiary/aromatic N) is 4. The first-order chi connectivity index (χ1) is 14.9. The minimum Gasteiger partial charge on any atom is -0.509 e. The van der Waals surface area contributed by atoms with Gasteiger partial charge in [0.2, 0.25) is 0 Å². The average Bonchev–Trinajstić information content (AvgIpc) is 3.29. The molecular formula is C23H25ClN6O. The number of hydrogen-bond acceptors (Lipinski definition) is 5. The summed E-state index contributed by atoms with van der Waals surface area (Å²) in [6, 6.07) is 11.8. The third kappa shape index (κ3) is 3.54. The monoisotopic (exact) mass is 436 g/mol. The maximum absolute atomic E-state index is 10.7. The minimum atomic E-state index is 0.128. The van der Waals surface area contributed by atoms with E-state index in [9.17, 15) is 5.11 Å². The number of aryl methyl sites for hydroxylation is 1. The van der Waals surface area contributed by atoms with Crippen LogP contribution in [-0.4, -0.2) is 65.6 Å². The number of likely N-dealkylation sites (N-methyl/N-ethyl adjacent to an activating group) is 1. The summed E-state index contributed by atoms with van der Waals surface area (Å²) < 4.78 is 0. The number of rotatable bonds is 3. The molecule has 1 aromatic heterocycles. The van der Waals surface area contributed by atoms with Gasteiger partial charge in [-0.25, -0.2) is 4.98 Å².